The van der Waals surface area contributed by atoms with Crippen molar-refractivity contribution in [3.63, 3.8) is 0 Å². The molecule has 1 N–H and O–H groups in total. The maximum absolute atomic E-state index is 12.8. The Balaban J connectivity index is 4.10. The zero-order valence-corrected chi connectivity index (χ0v) is 45.3. The first kappa shape index (κ1) is 64.9. The van der Waals surface area contributed by atoms with Crippen LogP contribution in [0, 0.1) is 0 Å². The van der Waals surface area contributed by atoms with E-state index in [-0.39, 0.29) is 25.8 Å². The minimum absolute atomic E-state index is 0.0828. The van der Waals surface area contributed by atoms with Crippen LogP contribution < -0.4 is 0 Å². The first-order chi connectivity index (χ1) is 32.6. The molecule has 0 aromatic carbocycles. The molecule has 0 aliphatic heterocycles. The highest BCUT2D eigenvalue weighted by Crippen LogP contribution is 2.43. The van der Waals surface area contributed by atoms with E-state index in [9.17, 15) is 14.3 Å². The lowest BCUT2D eigenvalue weighted by Crippen LogP contribution is -2.37. The van der Waals surface area contributed by atoms with Gasteiger partial charge in [-0.15, -0.1) is 0 Å². The number of likely N-dealkylation sites (N-methyl/N-ethyl adjacent to an activating group) is 1. The Labute approximate surface area is 414 Å². The number of phosphoric acid groups is 1. The predicted molar refractivity (Wildman–Crippen MR) is 288 cm³/mol. The second-order valence-corrected chi connectivity index (χ2v) is 21.0. The molecule has 390 valence electrons. The van der Waals surface area contributed by atoms with E-state index in [2.05, 4.69) is 86.8 Å². The van der Waals surface area contributed by atoms with Crippen molar-refractivity contribution in [1.82, 2.24) is 0 Å². The van der Waals surface area contributed by atoms with Crippen LogP contribution in [0.2, 0.25) is 0 Å². The van der Waals surface area contributed by atoms with E-state index < -0.39 is 13.9 Å². The molecule has 0 radical (unpaired) electrons. The van der Waals surface area contributed by atoms with Gasteiger partial charge in [-0.05, 0) is 83.5 Å². The zero-order chi connectivity index (χ0) is 49.0. The van der Waals surface area contributed by atoms with Gasteiger partial charge in [0.25, 0.3) is 0 Å². The first-order valence-electron chi connectivity index (χ1n) is 27.7. The van der Waals surface area contributed by atoms with Crippen LogP contribution in [0.15, 0.2) is 72.9 Å². The SMILES string of the molecule is CC/C=C\C/C=C\C/C=C\C/C=C\CCCCCCCCC(=O)OC(COCCCCCCCCCCCCCCCC/C=C\C/C=C\CCCCCCC)COP(=O)(O)OCC[N+](C)(C)C. The molecule has 0 amide bonds. The van der Waals surface area contributed by atoms with Gasteiger partial charge in [-0.1, -0.05) is 215 Å². The van der Waals surface area contributed by atoms with E-state index in [0.29, 0.717) is 24.1 Å². The molecule has 0 heterocycles. The Morgan fingerprint density at radius 2 is 0.866 bits per heavy atom. The fraction of sp³-hybridized carbons (Fsp3) is 0.776. The molecule has 0 aromatic rings. The maximum Gasteiger partial charge on any atom is 0.472 e. The lowest BCUT2D eigenvalue weighted by atomic mass is 10.0. The largest absolute Gasteiger partial charge is 0.472 e. The predicted octanol–water partition coefficient (Wildman–Crippen LogP) is 17.4. The number of esters is 1. The molecule has 67 heavy (non-hydrogen) atoms. The number of carbonyl (C=O) groups is 1. The lowest BCUT2D eigenvalue weighted by Gasteiger charge is -2.24. The molecule has 0 aromatic heterocycles. The monoisotopic (exact) mass is 961 g/mol. The van der Waals surface area contributed by atoms with E-state index in [1.165, 1.54) is 135 Å². The Morgan fingerprint density at radius 1 is 0.478 bits per heavy atom. The average molecular weight is 961 g/mol. The number of carbonyl (C=O) groups excluding carboxylic acids is 1. The fourth-order valence-electron chi connectivity index (χ4n) is 7.52. The van der Waals surface area contributed by atoms with Crippen LogP contribution >= 0.6 is 7.82 Å². The maximum atomic E-state index is 12.8. The second-order valence-electron chi connectivity index (χ2n) is 19.6. The van der Waals surface area contributed by atoms with Gasteiger partial charge in [-0.3, -0.25) is 13.8 Å². The molecule has 9 heteroatoms. The molecule has 0 bridgehead atoms. The van der Waals surface area contributed by atoms with Crippen LogP contribution in [0.5, 0.6) is 0 Å². The number of hydrogen-bond donors (Lipinski definition) is 1. The molecule has 0 saturated carbocycles. The highest BCUT2D eigenvalue weighted by atomic mass is 31.2. The van der Waals surface area contributed by atoms with Gasteiger partial charge in [0.2, 0.25) is 0 Å². The Hall–Kier alpha value is -2.06. The molecule has 8 nitrogen and oxygen atoms in total. The number of nitrogens with zero attached hydrogens (tertiary/aromatic N) is 1. The Kier molecular flexibility index (Phi) is 48.8. The van der Waals surface area contributed by atoms with Crippen LogP contribution in [-0.4, -0.2) is 75.6 Å². The Morgan fingerprint density at radius 3 is 1.30 bits per heavy atom. The van der Waals surface area contributed by atoms with Crippen molar-refractivity contribution in [3.8, 4) is 0 Å². The number of allylic oxidation sites excluding steroid dienone is 12. The van der Waals surface area contributed by atoms with Crippen molar-refractivity contribution in [2.75, 3.05) is 54.1 Å². The number of unbranched alkanes of at least 4 members (excludes halogenated alkanes) is 25. The summed E-state index contributed by atoms with van der Waals surface area (Å²) >= 11 is 0. The van der Waals surface area contributed by atoms with E-state index in [4.69, 9.17) is 18.5 Å². The highest BCUT2D eigenvalue weighted by Gasteiger charge is 2.26. The third-order valence-electron chi connectivity index (χ3n) is 11.8. The molecule has 0 aliphatic rings. The number of hydrogen-bond acceptors (Lipinski definition) is 6. The van der Waals surface area contributed by atoms with Crippen LogP contribution in [-0.2, 0) is 27.9 Å². The Bertz CT molecular complexity index is 1300. The molecule has 0 aliphatic carbocycles. The van der Waals surface area contributed by atoms with Crippen LogP contribution in [0.4, 0.5) is 0 Å². The molecule has 0 saturated heterocycles. The van der Waals surface area contributed by atoms with Gasteiger partial charge >= 0.3 is 13.8 Å². The van der Waals surface area contributed by atoms with E-state index in [0.717, 1.165) is 77.0 Å². The number of phosphoric ester groups is 1. The summed E-state index contributed by atoms with van der Waals surface area (Å²) in [6.07, 6.45) is 66.7. The lowest BCUT2D eigenvalue weighted by molar-refractivity contribution is -0.870. The zero-order valence-electron chi connectivity index (χ0n) is 44.4. The molecule has 0 rings (SSSR count). The number of ether oxygens (including phenoxy) is 2. The van der Waals surface area contributed by atoms with Crippen molar-refractivity contribution in [3.05, 3.63) is 72.9 Å². The summed E-state index contributed by atoms with van der Waals surface area (Å²) in [5, 5.41) is 0. The summed E-state index contributed by atoms with van der Waals surface area (Å²) in [7, 11) is 1.65. The molecular formula is C58H107NO7P+. The van der Waals surface area contributed by atoms with Gasteiger partial charge in [0, 0.05) is 13.0 Å². The quantitative estimate of drug-likeness (QED) is 0.0213. The summed E-state index contributed by atoms with van der Waals surface area (Å²) in [6.45, 7) is 5.49. The average Bonchev–Trinajstić information content (AvgIpc) is 3.29. The van der Waals surface area contributed by atoms with Gasteiger partial charge in [-0.2, -0.15) is 0 Å². The standard InChI is InChI=1S/C58H106NO7P/c1-6-8-10-12-14-16-18-20-22-24-26-27-28-29-30-31-32-34-36-38-40-42-44-46-48-50-53-63-55-57(56-65-67(61,62)64-54-52-59(3,4)5)66-58(60)51-49-47-45-43-41-39-37-35-33-25-23-21-19-17-15-13-11-9-7-2/h9,11,15,17-18,20-21,23-24,26,33,35,57H,6-8,10,12-14,16,19,22,25,27-32,34,36-56H2,1-5H3/p+1/b11-9-,17-15-,20-18-,23-21-,26-24-,35-33-. The third kappa shape index (κ3) is 54.7. The molecule has 0 fully saturated rings. The van der Waals surface area contributed by atoms with Crippen LogP contribution in [0.25, 0.3) is 0 Å². The number of quaternary nitrogens is 1. The van der Waals surface area contributed by atoms with Gasteiger partial charge < -0.3 is 18.9 Å². The normalized spacial score (nSPS) is 14.1. The van der Waals surface area contributed by atoms with Crippen molar-refractivity contribution < 1.29 is 37.3 Å². The molecular weight excluding hydrogens is 854 g/mol. The minimum atomic E-state index is -4.29. The van der Waals surface area contributed by atoms with Gasteiger partial charge in [0.1, 0.15) is 19.3 Å². The first-order valence-corrected chi connectivity index (χ1v) is 29.2. The van der Waals surface area contributed by atoms with Crippen molar-refractivity contribution in [1.29, 1.82) is 0 Å². The summed E-state index contributed by atoms with van der Waals surface area (Å²) < 4.78 is 35.2. The molecule has 2 atom stereocenters. The fourth-order valence-corrected chi connectivity index (χ4v) is 8.26. The smallest absolute Gasteiger partial charge is 0.457 e. The summed E-state index contributed by atoms with van der Waals surface area (Å²) in [5.74, 6) is -0.327. The summed E-state index contributed by atoms with van der Waals surface area (Å²) in [6, 6.07) is 0. The van der Waals surface area contributed by atoms with E-state index in [1.807, 2.05) is 21.1 Å². The number of rotatable bonds is 51. The van der Waals surface area contributed by atoms with Gasteiger partial charge in [0.05, 0.1) is 34.4 Å². The van der Waals surface area contributed by atoms with Crippen molar-refractivity contribution >= 4 is 13.8 Å². The summed E-state index contributed by atoms with van der Waals surface area (Å²) in [5.41, 5.74) is 0. The van der Waals surface area contributed by atoms with Crippen LogP contribution in [0.1, 0.15) is 232 Å². The van der Waals surface area contributed by atoms with Crippen molar-refractivity contribution in [2.45, 2.75) is 238 Å². The van der Waals surface area contributed by atoms with E-state index >= 15 is 0 Å². The van der Waals surface area contributed by atoms with E-state index in [1.54, 1.807) is 0 Å². The van der Waals surface area contributed by atoms with Crippen molar-refractivity contribution in [2.24, 2.45) is 0 Å². The third-order valence-corrected chi connectivity index (χ3v) is 12.7. The summed E-state index contributed by atoms with van der Waals surface area (Å²) in [4.78, 5) is 23.0. The second kappa shape index (κ2) is 50.3. The minimum Gasteiger partial charge on any atom is -0.457 e. The van der Waals surface area contributed by atoms with Gasteiger partial charge in [0.15, 0.2) is 0 Å². The highest BCUT2D eigenvalue weighted by molar-refractivity contribution is 7.47. The van der Waals surface area contributed by atoms with Crippen LogP contribution in [0.3, 0.4) is 0 Å². The van der Waals surface area contributed by atoms with Gasteiger partial charge in [-0.25, -0.2) is 4.57 Å². The molecule has 0 spiro atoms. The molecule has 2 unspecified atom stereocenters. The topological polar surface area (TPSA) is 91.3 Å².